The zero-order valence-electron chi connectivity index (χ0n) is 14.3. The molecule has 1 amide bonds. The zero-order chi connectivity index (χ0) is 17.4. The molecule has 2 rings (SSSR count). The van der Waals surface area contributed by atoms with Crippen LogP contribution in [0, 0.1) is 0 Å². The smallest absolute Gasteiger partial charge is 0.427 e. The number of benzene rings is 1. The highest BCUT2D eigenvalue weighted by Gasteiger charge is 2.13. The van der Waals surface area contributed by atoms with Crippen LogP contribution in [0.15, 0.2) is 53.8 Å². The van der Waals surface area contributed by atoms with E-state index in [1.807, 2.05) is 42.5 Å². The van der Waals surface area contributed by atoms with Gasteiger partial charge in [0, 0.05) is 19.8 Å². The van der Waals surface area contributed by atoms with Gasteiger partial charge in [-0.2, -0.15) is 5.10 Å². The number of hydrogen-bond acceptors (Lipinski definition) is 4. The molecule has 5 nitrogen and oxygen atoms in total. The van der Waals surface area contributed by atoms with Gasteiger partial charge in [0.2, 0.25) is 0 Å². The number of rotatable bonds is 6. The first-order valence-corrected chi connectivity index (χ1v) is 11.6. The lowest BCUT2D eigenvalue weighted by molar-refractivity contribution is 0.152. The summed E-state index contributed by atoms with van der Waals surface area (Å²) in [5.41, 5.74) is 5.22. The van der Waals surface area contributed by atoms with Crippen LogP contribution in [0.1, 0.15) is 5.56 Å². The van der Waals surface area contributed by atoms with Crippen LogP contribution in [-0.2, 0) is 4.74 Å². The molecule has 0 saturated heterocycles. The van der Waals surface area contributed by atoms with Crippen molar-refractivity contribution in [3.8, 4) is 11.3 Å². The van der Waals surface area contributed by atoms with Crippen molar-refractivity contribution < 1.29 is 9.53 Å². The molecule has 2 aromatic rings. The summed E-state index contributed by atoms with van der Waals surface area (Å²) in [6.07, 6.45) is 2.83. The van der Waals surface area contributed by atoms with Crippen molar-refractivity contribution in [3.63, 3.8) is 0 Å². The Bertz CT molecular complexity index is 680. The van der Waals surface area contributed by atoms with Gasteiger partial charge in [0.1, 0.15) is 0 Å². The Morgan fingerprint density at radius 2 is 1.96 bits per heavy atom. The second-order valence-electron chi connectivity index (χ2n) is 6.65. The minimum atomic E-state index is -1.19. The molecule has 0 fully saturated rings. The number of pyridine rings is 1. The van der Waals surface area contributed by atoms with Gasteiger partial charge in [-0.05, 0) is 23.7 Å². The molecular formula is C18H23N3O2Si. The quantitative estimate of drug-likeness (QED) is 0.488. The molecule has 1 aromatic heterocycles. The van der Waals surface area contributed by atoms with Crippen LogP contribution < -0.4 is 5.43 Å². The molecule has 6 heteroatoms. The number of hydrogen-bond donors (Lipinski definition) is 1. The summed E-state index contributed by atoms with van der Waals surface area (Å²) in [6, 6.07) is 14.5. The molecule has 0 saturated carbocycles. The summed E-state index contributed by atoms with van der Waals surface area (Å²) < 4.78 is 5.10. The van der Waals surface area contributed by atoms with Crippen LogP contribution in [0.3, 0.4) is 0 Å². The van der Waals surface area contributed by atoms with E-state index < -0.39 is 14.2 Å². The molecular weight excluding hydrogens is 318 g/mol. The van der Waals surface area contributed by atoms with Crippen molar-refractivity contribution in [1.82, 2.24) is 10.4 Å². The lowest BCUT2D eigenvalue weighted by atomic mass is 10.1. The molecule has 0 radical (unpaired) electrons. The topological polar surface area (TPSA) is 63.6 Å². The fourth-order valence-electron chi connectivity index (χ4n) is 1.92. The van der Waals surface area contributed by atoms with Gasteiger partial charge in [-0.3, -0.25) is 4.98 Å². The monoisotopic (exact) mass is 341 g/mol. The van der Waals surface area contributed by atoms with Gasteiger partial charge in [0.15, 0.2) is 0 Å². The van der Waals surface area contributed by atoms with E-state index in [1.165, 1.54) is 0 Å². The third-order valence-electron chi connectivity index (χ3n) is 3.33. The van der Waals surface area contributed by atoms with E-state index in [9.17, 15) is 4.79 Å². The Kier molecular flexibility index (Phi) is 6.26. The molecule has 1 heterocycles. The number of hydrazone groups is 1. The highest BCUT2D eigenvalue weighted by Crippen LogP contribution is 2.16. The van der Waals surface area contributed by atoms with Crippen LogP contribution in [0.2, 0.25) is 25.7 Å². The van der Waals surface area contributed by atoms with Gasteiger partial charge in [0.25, 0.3) is 0 Å². The summed E-state index contributed by atoms with van der Waals surface area (Å²) in [4.78, 5) is 15.8. The minimum Gasteiger partial charge on any atom is -0.449 e. The van der Waals surface area contributed by atoms with E-state index in [2.05, 4.69) is 35.2 Å². The maximum Gasteiger partial charge on any atom is 0.427 e. The first-order chi connectivity index (χ1) is 11.4. The van der Waals surface area contributed by atoms with E-state index in [-0.39, 0.29) is 0 Å². The van der Waals surface area contributed by atoms with E-state index in [0.29, 0.717) is 6.61 Å². The number of nitrogens with one attached hydrogen (secondary N) is 1. The predicted molar refractivity (Wildman–Crippen MR) is 99.9 cm³/mol. The molecule has 0 spiro atoms. The Balaban J connectivity index is 1.81. The first-order valence-electron chi connectivity index (χ1n) is 7.91. The number of carbonyl (C=O) groups is 1. The number of nitrogens with zero attached hydrogens (tertiary/aromatic N) is 2. The SMILES string of the molecule is C[Si](C)(C)CCOC(=O)N/N=C/c1ccc(-c2ccccn2)cc1. The third kappa shape index (κ3) is 6.34. The fourth-order valence-corrected chi connectivity index (χ4v) is 2.63. The fraction of sp³-hybridized carbons (Fsp3) is 0.278. The summed E-state index contributed by atoms with van der Waals surface area (Å²) in [5, 5.41) is 3.91. The van der Waals surface area contributed by atoms with Gasteiger partial charge < -0.3 is 4.74 Å². The molecule has 0 atom stereocenters. The van der Waals surface area contributed by atoms with Gasteiger partial charge in [-0.15, -0.1) is 0 Å². The molecule has 1 aromatic carbocycles. The number of amides is 1. The van der Waals surface area contributed by atoms with E-state index >= 15 is 0 Å². The van der Waals surface area contributed by atoms with Gasteiger partial charge in [0.05, 0.1) is 18.5 Å². The van der Waals surface area contributed by atoms with Crippen molar-refractivity contribution in [2.45, 2.75) is 25.7 Å². The first kappa shape index (κ1) is 17.9. The number of ether oxygens (including phenoxy) is 1. The molecule has 0 aliphatic heterocycles. The van der Waals surface area contributed by atoms with Crippen molar-refractivity contribution >= 4 is 20.4 Å². The van der Waals surface area contributed by atoms with Gasteiger partial charge >= 0.3 is 6.09 Å². The molecule has 0 bridgehead atoms. The summed E-state index contributed by atoms with van der Waals surface area (Å²) in [6.45, 7) is 7.15. The van der Waals surface area contributed by atoms with Crippen molar-refractivity contribution in [2.75, 3.05) is 6.61 Å². The highest BCUT2D eigenvalue weighted by atomic mass is 28.3. The second-order valence-corrected chi connectivity index (χ2v) is 12.3. The average Bonchev–Trinajstić information content (AvgIpc) is 2.55. The maximum atomic E-state index is 11.5. The molecule has 1 N–H and O–H groups in total. The van der Waals surface area contributed by atoms with Crippen molar-refractivity contribution in [3.05, 3.63) is 54.2 Å². The average molecular weight is 341 g/mol. The Morgan fingerprint density at radius 1 is 1.21 bits per heavy atom. The largest absolute Gasteiger partial charge is 0.449 e. The summed E-state index contributed by atoms with van der Waals surface area (Å²) in [5.74, 6) is 0. The highest BCUT2D eigenvalue weighted by molar-refractivity contribution is 6.76. The Labute approximate surface area is 143 Å². The summed E-state index contributed by atoms with van der Waals surface area (Å²) >= 11 is 0. The van der Waals surface area contributed by atoms with Crippen molar-refractivity contribution in [2.24, 2.45) is 5.10 Å². The Hall–Kier alpha value is -2.47. The van der Waals surface area contributed by atoms with Crippen LogP contribution in [0.4, 0.5) is 4.79 Å². The number of aromatic nitrogens is 1. The standard InChI is InChI=1S/C18H23N3O2Si/c1-24(2,3)13-12-23-18(22)21-20-14-15-7-9-16(10-8-15)17-6-4-5-11-19-17/h4-11,14H,12-13H2,1-3H3,(H,21,22)/b20-14+. The van der Waals surface area contributed by atoms with Crippen LogP contribution in [-0.4, -0.2) is 32.0 Å². The second kappa shape index (κ2) is 8.40. The Morgan fingerprint density at radius 3 is 2.58 bits per heavy atom. The normalized spacial score (nSPS) is 11.5. The molecule has 0 aliphatic rings. The van der Waals surface area contributed by atoms with Crippen LogP contribution >= 0.6 is 0 Å². The van der Waals surface area contributed by atoms with Crippen LogP contribution in [0.5, 0.6) is 0 Å². The number of carbonyl (C=O) groups excluding carboxylic acids is 1. The summed E-state index contributed by atoms with van der Waals surface area (Å²) in [7, 11) is -1.19. The minimum absolute atomic E-state index is 0.440. The third-order valence-corrected chi connectivity index (χ3v) is 5.03. The van der Waals surface area contributed by atoms with E-state index in [4.69, 9.17) is 4.74 Å². The van der Waals surface area contributed by atoms with Crippen LogP contribution in [0.25, 0.3) is 11.3 Å². The maximum absolute atomic E-state index is 11.5. The zero-order valence-corrected chi connectivity index (χ0v) is 15.3. The lowest BCUT2D eigenvalue weighted by Crippen LogP contribution is -2.25. The van der Waals surface area contributed by atoms with Crippen molar-refractivity contribution in [1.29, 1.82) is 0 Å². The van der Waals surface area contributed by atoms with Gasteiger partial charge in [-0.25, -0.2) is 10.2 Å². The molecule has 126 valence electrons. The van der Waals surface area contributed by atoms with E-state index in [1.54, 1.807) is 12.4 Å². The van der Waals surface area contributed by atoms with Gasteiger partial charge in [-0.1, -0.05) is 50.0 Å². The van der Waals surface area contributed by atoms with E-state index in [0.717, 1.165) is 22.9 Å². The molecule has 0 aliphatic carbocycles. The predicted octanol–water partition coefficient (Wildman–Crippen LogP) is 4.15. The molecule has 24 heavy (non-hydrogen) atoms. The lowest BCUT2D eigenvalue weighted by Gasteiger charge is -2.14. The molecule has 0 unspecified atom stereocenters.